The van der Waals surface area contributed by atoms with Crippen molar-refractivity contribution in [1.82, 2.24) is 15.1 Å². The van der Waals surface area contributed by atoms with Crippen molar-refractivity contribution in [2.24, 2.45) is 5.92 Å². The summed E-state index contributed by atoms with van der Waals surface area (Å²) < 4.78 is 18.4. The lowest BCUT2D eigenvalue weighted by atomic mass is 10.1. The molecule has 33 heavy (non-hydrogen) atoms. The number of rotatable bonds is 7. The lowest BCUT2D eigenvalue weighted by Gasteiger charge is -2.15. The van der Waals surface area contributed by atoms with Gasteiger partial charge in [0, 0.05) is 32.2 Å². The van der Waals surface area contributed by atoms with Crippen LogP contribution < -0.4 is 10.1 Å². The van der Waals surface area contributed by atoms with Crippen LogP contribution in [0.5, 0.6) is 5.75 Å². The van der Waals surface area contributed by atoms with E-state index < -0.39 is 0 Å². The fourth-order valence-electron chi connectivity index (χ4n) is 4.03. The molecule has 2 heterocycles. The Labute approximate surface area is 195 Å². The third-order valence-electron chi connectivity index (χ3n) is 5.76. The number of fused-ring (bicyclic) bond motifs is 1. The third kappa shape index (κ3) is 6.35. The van der Waals surface area contributed by atoms with Crippen LogP contribution in [-0.2, 0) is 28.9 Å². The van der Waals surface area contributed by atoms with E-state index in [1.54, 1.807) is 25.3 Å². The largest absolute Gasteiger partial charge is 0.496 e. The van der Waals surface area contributed by atoms with Gasteiger partial charge in [-0.15, -0.1) is 0 Å². The molecule has 1 amide bonds. The molecule has 0 radical (unpaired) electrons. The first-order valence-electron chi connectivity index (χ1n) is 11.7. The molecule has 0 bridgehead atoms. The maximum atomic E-state index is 12.9. The highest BCUT2D eigenvalue weighted by Gasteiger charge is 2.24. The van der Waals surface area contributed by atoms with Crippen molar-refractivity contribution in [1.29, 1.82) is 0 Å². The molecule has 0 saturated heterocycles. The minimum Gasteiger partial charge on any atom is -0.496 e. The molecular formula is C25H35N3O5. The van der Waals surface area contributed by atoms with E-state index in [2.05, 4.69) is 5.32 Å². The second kappa shape index (κ2) is 11.8. The highest BCUT2D eigenvalue weighted by Crippen LogP contribution is 2.21. The Balaban J connectivity index is 1.69. The number of hydrogen-bond donors (Lipinski definition) is 1. The summed E-state index contributed by atoms with van der Waals surface area (Å²) in [5.74, 6) is 0.333. The second-order valence-electron chi connectivity index (χ2n) is 8.52. The molecule has 0 fully saturated rings. The average molecular weight is 458 g/mol. The Morgan fingerprint density at radius 2 is 2.09 bits per heavy atom. The van der Waals surface area contributed by atoms with Gasteiger partial charge < -0.3 is 19.5 Å². The molecule has 1 aliphatic heterocycles. The Kier molecular flexibility index (Phi) is 8.88. The quantitative estimate of drug-likeness (QED) is 0.641. The summed E-state index contributed by atoms with van der Waals surface area (Å²) in [6.07, 6.45) is 3.02. The molecule has 8 heteroatoms. The molecule has 0 saturated carbocycles. The van der Waals surface area contributed by atoms with Crippen LogP contribution in [0.1, 0.15) is 64.4 Å². The van der Waals surface area contributed by atoms with Crippen LogP contribution in [0.3, 0.4) is 0 Å². The summed E-state index contributed by atoms with van der Waals surface area (Å²) in [6.45, 7) is 8.64. The maximum Gasteiger partial charge on any atom is 0.338 e. The van der Waals surface area contributed by atoms with Gasteiger partial charge in [-0.05, 0) is 56.4 Å². The number of nitrogens with one attached hydrogen (secondary N) is 1. The van der Waals surface area contributed by atoms with E-state index in [1.807, 2.05) is 25.5 Å². The molecule has 1 aliphatic rings. The predicted molar refractivity (Wildman–Crippen MR) is 125 cm³/mol. The highest BCUT2D eigenvalue weighted by atomic mass is 16.5. The van der Waals surface area contributed by atoms with Crippen LogP contribution >= 0.6 is 0 Å². The Morgan fingerprint density at radius 3 is 2.82 bits per heavy atom. The molecule has 180 valence electrons. The molecular weight excluding hydrogens is 422 g/mol. The van der Waals surface area contributed by atoms with Crippen LogP contribution in [0, 0.1) is 12.8 Å². The van der Waals surface area contributed by atoms with Gasteiger partial charge in [0.2, 0.25) is 0 Å². The van der Waals surface area contributed by atoms with Crippen molar-refractivity contribution in [2.45, 2.75) is 53.0 Å². The first kappa shape index (κ1) is 24.8. The lowest BCUT2D eigenvalue weighted by Crippen LogP contribution is -2.27. The van der Waals surface area contributed by atoms with Crippen LogP contribution in [-0.4, -0.2) is 55.1 Å². The fraction of sp³-hybridized carbons (Fsp3) is 0.560. The van der Waals surface area contributed by atoms with Gasteiger partial charge in [0.15, 0.2) is 0 Å². The Morgan fingerprint density at radius 1 is 1.30 bits per heavy atom. The van der Waals surface area contributed by atoms with Crippen LogP contribution in [0.25, 0.3) is 0 Å². The number of hydrogen-bond acceptors (Lipinski definition) is 6. The lowest BCUT2D eigenvalue weighted by molar-refractivity contribution is 0.0435. The number of methoxy groups -OCH3 is 1. The highest BCUT2D eigenvalue weighted by molar-refractivity contribution is 5.96. The first-order chi connectivity index (χ1) is 15.9. The fourth-order valence-corrected chi connectivity index (χ4v) is 4.03. The van der Waals surface area contributed by atoms with Crippen molar-refractivity contribution in [2.75, 3.05) is 33.5 Å². The standard InChI is InChI=1S/C25H35N3O5/c1-5-20-23-21(8-6-12-32-13-7-11-26-24(23)29)28(27-20)15-17(2)16-33-25(30)19-9-10-22(31-4)18(3)14-19/h9-10,14,17H,5-8,11-13,15-16H2,1-4H3,(H,26,29)/t17-/m1/s1. The van der Waals surface area contributed by atoms with E-state index in [1.165, 1.54) is 0 Å². The molecule has 2 aromatic rings. The van der Waals surface area contributed by atoms with E-state index >= 15 is 0 Å². The zero-order chi connectivity index (χ0) is 23.8. The monoisotopic (exact) mass is 457 g/mol. The maximum absolute atomic E-state index is 12.9. The zero-order valence-electron chi connectivity index (χ0n) is 20.1. The SMILES string of the molecule is CCc1nn(C[C@@H](C)COC(=O)c2ccc(OC)c(C)c2)c2c1C(=O)NCCCOCCC2. The summed E-state index contributed by atoms with van der Waals surface area (Å²) >= 11 is 0. The van der Waals surface area contributed by atoms with Crippen LogP contribution in [0.2, 0.25) is 0 Å². The number of esters is 1. The van der Waals surface area contributed by atoms with Crippen LogP contribution in [0.4, 0.5) is 0 Å². The van der Waals surface area contributed by atoms with Crippen molar-refractivity contribution < 1.29 is 23.8 Å². The summed E-state index contributed by atoms with van der Waals surface area (Å²) in [5, 5.41) is 7.74. The number of benzene rings is 1. The van der Waals surface area contributed by atoms with Gasteiger partial charge in [-0.2, -0.15) is 5.10 Å². The first-order valence-corrected chi connectivity index (χ1v) is 11.7. The topological polar surface area (TPSA) is 91.7 Å². The summed E-state index contributed by atoms with van der Waals surface area (Å²) in [6, 6.07) is 5.24. The van der Waals surface area contributed by atoms with Crippen LogP contribution in [0.15, 0.2) is 18.2 Å². The van der Waals surface area contributed by atoms with E-state index in [-0.39, 0.29) is 24.4 Å². The molecule has 1 aromatic carbocycles. The number of nitrogens with zero attached hydrogens (tertiary/aromatic N) is 2. The van der Waals surface area contributed by atoms with Gasteiger partial charge in [0.05, 0.1) is 36.2 Å². The molecule has 1 aromatic heterocycles. The van der Waals surface area contributed by atoms with Gasteiger partial charge in [0.25, 0.3) is 5.91 Å². The zero-order valence-corrected chi connectivity index (χ0v) is 20.1. The van der Waals surface area contributed by atoms with Crippen molar-refractivity contribution in [3.63, 3.8) is 0 Å². The van der Waals surface area contributed by atoms with E-state index in [4.69, 9.17) is 19.3 Å². The van der Waals surface area contributed by atoms with Crippen molar-refractivity contribution in [3.8, 4) is 5.75 Å². The van der Waals surface area contributed by atoms with E-state index in [0.717, 1.165) is 35.5 Å². The summed E-state index contributed by atoms with van der Waals surface area (Å²) in [5.41, 5.74) is 3.81. The Hall–Kier alpha value is -2.87. The second-order valence-corrected chi connectivity index (χ2v) is 8.52. The van der Waals surface area contributed by atoms with E-state index in [0.29, 0.717) is 50.3 Å². The summed E-state index contributed by atoms with van der Waals surface area (Å²) in [7, 11) is 1.60. The van der Waals surface area contributed by atoms with Gasteiger partial charge in [-0.1, -0.05) is 13.8 Å². The molecule has 1 atom stereocenters. The number of carbonyl (C=O) groups excluding carboxylic acids is 2. The minimum absolute atomic E-state index is 0.0273. The van der Waals surface area contributed by atoms with Gasteiger partial charge >= 0.3 is 5.97 Å². The summed E-state index contributed by atoms with van der Waals surface area (Å²) in [4.78, 5) is 25.4. The molecule has 0 spiro atoms. The molecule has 0 aliphatic carbocycles. The van der Waals surface area contributed by atoms with Gasteiger partial charge in [-0.3, -0.25) is 9.48 Å². The molecule has 0 unspecified atom stereocenters. The smallest absolute Gasteiger partial charge is 0.338 e. The number of ether oxygens (including phenoxy) is 3. The predicted octanol–water partition coefficient (Wildman–Crippen LogP) is 3.34. The third-order valence-corrected chi connectivity index (χ3v) is 5.76. The normalized spacial score (nSPS) is 15.7. The number of carbonyl (C=O) groups is 2. The molecule has 8 nitrogen and oxygen atoms in total. The van der Waals surface area contributed by atoms with Gasteiger partial charge in [-0.25, -0.2) is 4.79 Å². The minimum atomic E-state index is -0.363. The van der Waals surface area contributed by atoms with Gasteiger partial charge in [0.1, 0.15) is 5.75 Å². The molecule has 3 rings (SSSR count). The Bertz CT molecular complexity index is 969. The molecule has 1 N–H and O–H groups in total. The number of aryl methyl sites for hydroxylation is 2. The van der Waals surface area contributed by atoms with E-state index in [9.17, 15) is 9.59 Å². The van der Waals surface area contributed by atoms with Crippen molar-refractivity contribution >= 4 is 11.9 Å². The van der Waals surface area contributed by atoms with Crippen molar-refractivity contribution in [3.05, 3.63) is 46.3 Å². The number of amides is 1. The average Bonchev–Trinajstić information content (AvgIpc) is 3.13. The number of aromatic nitrogens is 2.